The summed E-state index contributed by atoms with van der Waals surface area (Å²) in [6.07, 6.45) is 1.76. The Morgan fingerprint density at radius 1 is 1.38 bits per heavy atom. The fourth-order valence-corrected chi connectivity index (χ4v) is 5.35. The lowest BCUT2D eigenvalue weighted by Crippen LogP contribution is -2.56. The molecule has 0 bridgehead atoms. The third-order valence-corrected chi connectivity index (χ3v) is 6.13. The minimum Gasteiger partial charge on any atom is -0.480 e. The third-order valence-electron chi connectivity index (χ3n) is 4.88. The Morgan fingerprint density at radius 2 is 2.08 bits per heavy atom. The van der Waals surface area contributed by atoms with Crippen LogP contribution >= 0.6 is 11.8 Å². The van der Waals surface area contributed by atoms with E-state index in [2.05, 4.69) is 0 Å². The zero-order chi connectivity index (χ0) is 17.7. The highest BCUT2D eigenvalue weighted by Crippen LogP contribution is 2.48. The van der Waals surface area contributed by atoms with Gasteiger partial charge in [0, 0.05) is 13.0 Å². The van der Waals surface area contributed by atoms with Gasteiger partial charge in [0.1, 0.15) is 17.2 Å². The second-order valence-electron chi connectivity index (χ2n) is 7.65. The van der Waals surface area contributed by atoms with Crippen LogP contribution in [0.5, 0.6) is 0 Å². The molecule has 2 amide bonds. The average molecular weight is 356 g/mol. The van der Waals surface area contributed by atoms with E-state index in [4.69, 9.17) is 4.74 Å². The number of carbonyl (C=O) groups is 3. The highest BCUT2D eigenvalue weighted by Gasteiger charge is 2.62. The van der Waals surface area contributed by atoms with Crippen LogP contribution in [0, 0.1) is 0 Å². The third kappa shape index (κ3) is 2.74. The molecule has 0 aromatic heterocycles. The van der Waals surface area contributed by atoms with Crippen molar-refractivity contribution < 1.29 is 24.2 Å². The molecule has 3 heterocycles. The van der Waals surface area contributed by atoms with Gasteiger partial charge >= 0.3 is 12.1 Å². The van der Waals surface area contributed by atoms with Crippen LogP contribution in [0.1, 0.15) is 46.5 Å². The minimum atomic E-state index is -0.965. The predicted molar refractivity (Wildman–Crippen MR) is 88.7 cm³/mol. The molecular weight excluding hydrogens is 332 g/mol. The van der Waals surface area contributed by atoms with Gasteiger partial charge in [-0.05, 0) is 45.8 Å². The number of thioether (sulfide) groups is 1. The van der Waals surface area contributed by atoms with E-state index in [9.17, 15) is 19.5 Å². The Labute approximate surface area is 145 Å². The summed E-state index contributed by atoms with van der Waals surface area (Å²) < 4.78 is 5.48. The van der Waals surface area contributed by atoms with Gasteiger partial charge in [0.25, 0.3) is 0 Å². The summed E-state index contributed by atoms with van der Waals surface area (Å²) in [5.74, 6) is -0.475. The zero-order valence-electron chi connectivity index (χ0n) is 14.3. The molecule has 1 spiro atoms. The first kappa shape index (κ1) is 17.4. The molecule has 24 heavy (non-hydrogen) atoms. The van der Waals surface area contributed by atoms with Gasteiger partial charge in [0.2, 0.25) is 5.91 Å². The number of fused-ring (bicyclic) bond motifs is 1. The van der Waals surface area contributed by atoms with E-state index in [1.807, 2.05) is 0 Å². The zero-order valence-corrected chi connectivity index (χ0v) is 15.1. The maximum absolute atomic E-state index is 13.2. The van der Waals surface area contributed by atoms with Crippen molar-refractivity contribution in [3.8, 4) is 0 Å². The van der Waals surface area contributed by atoms with E-state index in [1.165, 1.54) is 4.90 Å². The lowest BCUT2D eigenvalue weighted by atomic mass is 9.94. The van der Waals surface area contributed by atoms with Crippen LogP contribution in [0.4, 0.5) is 4.79 Å². The Bertz CT molecular complexity index is 575. The molecule has 1 N–H and O–H groups in total. The lowest BCUT2D eigenvalue weighted by molar-refractivity contribution is -0.151. The molecule has 3 saturated heterocycles. The van der Waals surface area contributed by atoms with Gasteiger partial charge in [-0.15, -0.1) is 11.8 Å². The van der Waals surface area contributed by atoms with Crippen molar-refractivity contribution in [3.05, 3.63) is 0 Å². The molecular formula is C16H24N2O5S. The number of carboxylic acid groups (broad SMARTS) is 1. The molecule has 8 heteroatoms. The van der Waals surface area contributed by atoms with E-state index in [0.29, 0.717) is 31.6 Å². The summed E-state index contributed by atoms with van der Waals surface area (Å²) in [6.45, 7) is 5.86. The van der Waals surface area contributed by atoms with Gasteiger partial charge in [0.05, 0.1) is 5.37 Å². The van der Waals surface area contributed by atoms with Crippen LogP contribution in [-0.2, 0) is 14.3 Å². The van der Waals surface area contributed by atoms with Gasteiger partial charge in [-0.3, -0.25) is 9.69 Å². The lowest BCUT2D eigenvalue weighted by Gasteiger charge is -2.36. The van der Waals surface area contributed by atoms with Crippen molar-refractivity contribution in [3.63, 3.8) is 0 Å². The van der Waals surface area contributed by atoms with Crippen molar-refractivity contribution in [2.24, 2.45) is 0 Å². The summed E-state index contributed by atoms with van der Waals surface area (Å²) in [4.78, 5) is 40.3. The molecule has 3 atom stereocenters. The number of carboxylic acids is 1. The van der Waals surface area contributed by atoms with E-state index in [1.54, 1.807) is 37.4 Å². The van der Waals surface area contributed by atoms with Crippen molar-refractivity contribution >= 4 is 29.7 Å². The second-order valence-corrected chi connectivity index (χ2v) is 8.94. The molecule has 0 aromatic rings. The van der Waals surface area contributed by atoms with Gasteiger partial charge in [-0.2, -0.15) is 0 Å². The predicted octanol–water partition coefficient (Wildman–Crippen LogP) is 1.90. The number of hydrogen-bond donors (Lipinski definition) is 1. The van der Waals surface area contributed by atoms with Gasteiger partial charge in [0.15, 0.2) is 0 Å². The number of amides is 2. The molecule has 3 fully saturated rings. The topological polar surface area (TPSA) is 87.2 Å². The van der Waals surface area contributed by atoms with Crippen LogP contribution in [0.15, 0.2) is 0 Å². The number of ether oxygens (including phenoxy) is 1. The number of nitrogens with zero attached hydrogens (tertiary/aromatic N) is 2. The van der Waals surface area contributed by atoms with Gasteiger partial charge in [-0.1, -0.05) is 0 Å². The standard InChI is InChI=1S/C16H24N2O5S/c1-15(2,3)23-14(22)17-7-4-6-16(17)9-11-18(13(16)21)10(12(19)20)5-8-24-11/h10-11H,4-9H2,1-3H3,(H,19,20)/t10-,11-,16-/m1/s1. The van der Waals surface area contributed by atoms with E-state index >= 15 is 0 Å². The number of likely N-dealkylation sites (tertiary alicyclic amines) is 1. The molecule has 3 rings (SSSR count). The van der Waals surface area contributed by atoms with Crippen LogP contribution in [0.2, 0.25) is 0 Å². The summed E-state index contributed by atoms with van der Waals surface area (Å²) in [5, 5.41) is 9.28. The largest absolute Gasteiger partial charge is 0.480 e. The normalized spacial score (nSPS) is 33.0. The first-order valence-electron chi connectivity index (χ1n) is 8.33. The van der Waals surface area contributed by atoms with Gasteiger partial charge in [-0.25, -0.2) is 9.59 Å². The summed E-state index contributed by atoms with van der Waals surface area (Å²) in [7, 11) is 0. The molecule has 134 valence electrons. The quantitative estimate of drug-likeness (QED) is 0.772. The fraction of sp³-hybridized carbons (Fsp3) is 0.812. The number of carbonyl (C=O) groups excluding carboxylic acids is 2. The van der Waals surface area contributed by atoms with Crippen molar-refractivity contribution in [2.45, 2.75) is 69.0 Å². The highest BCUT2D eigenvalue weighted by atomic mass is 32.2. The maximum atomic E-state index is 13.2. The van der Waals surface area contributed by atoms with Crippen LogP contribution in [0.25, 0.3) is 0 Å². The summed E-state index contributed by atoms with van der Waals surface area (Å²) in [5.41, 5.74) is -1.56. The van der Waals surface area contributed by atoms with E-state index < -0.39 is 29.2 Å². The second kappa shape index (κ2) is 5.82. The summed E-state index contributed by atoms with van der Waals surface area (Å²) >= 11 is 1.61. The van der Waals surface area contributed by atoms with Crippen molar-refractivity contribution in [2.75, 3.05) is 12.3 Å². The number of rotatable bonds is 1. The molecule has 7 nitrogen and oxygen atoms in total. The monoisotopic (exact) mass is 356 g/mol. The smallest absolute Gasteiger partial charge is 0.411 e. The van der Waals surface area contributed by atoms with Gasteiger partial charge < -0.3 is 14.7 Å². The Hall–Kier alpha value is -1.44. The van der Waals surface area contributed by atoms with Crippen molar-refractivity contribution in [1.82, 2.24) is 9.80 Å². The van der Waals surface area contributed by atoms with Crippen LogP contribution in [-0.4, -0.2) is 67.7 Å². The first-order valence-corrected chi connectivity index (χ1v) is 9.38. The Balaban J connectivity index is 1.88. The van der Waals surface area contributed by atoms with E-state index in [0.717, 1.165) is 6.42 Å². The molecule has 0 radical (unpaired) electrons. The summed E-state index contributed by atoms with van der Waals surface area (Å²) in [6, 6.07) is -0.788. The fourth-order valence-electron chi connectivity index (χ4n) is 3.92. The number of hydrogen-bond acceptors (Lipinski definition) is 5. The molecule has 0 aromatic carbocycles. The minimum absolute atomic E-state index is 0.171. The van der Waals surface area contributed by atoms with E-state index in [-0.39, 0.29) is 11.3 Å². The molecule has 3 aliphatic heterocycles. The molecule has 0 unspecified atom stereocenters. The first-order chi connectivity index (χ1) is 11.2. The molecule has 0 aliphatic carbocycles. The maximum Gasteiger partial charge on any atom is 0.411 e. The average Bonchev–Trinajstić information content (AvgIpc) is 3.00. The SMILES string of the molecule is CC(C)(C)OC(=O)N1CCC[C@]12C[C@H]1SCC[C@H](C(=O)O)N1C2=O. The highest BCUT2D eigenvalue weighted by molar-refractivity contribution is 7.99. The van der Waals surface area contributed by atoms with Crippen LogP contribution in [0.3, 0.4) is 0 Å². The number of aliphatic carboxylic acids is 1. The Morgan fingerprint density at radius 3 is 2.71 bits per heavy atom. The Kier molecular flexibility index (Phi) is 4.22. The molecule has 3 aliphatic rings. The van der Waals surface area contributed by atoms with Crippen LogP contribution < -0.4 is 0 Å². The molecule has 0 saturated carbocycles. The van der Waals surface area contributed by atoms with Crippen molar-refractivity contribution in [1.29, 1.82) is 0 Å².